The number of nitrogens with zero attached hydrogens (tertiary/aromatic N) is 2. The number of rotatable bonds is 4. The molecule has 4 rings (SSSR count). The molecule has 2 aliphatic rings. The lowest BCUT2D eigenvalue weighted by atomic mass is 9.72. The van der Waals surface area contributed by atoms with Gasteiger partial charge in [-0.3, -0.25) is 9.97 Å². The summed E-state index contributed by atoms with van der Waals surface area (Å²) >= 11 is 0. The fraction of sp³-hybridized carbons (Fsp3) is 0.643. The number of aromatic nitrogens is 2. The van der Waals surface area contributed by atoms with Crippen molar-refractivity contribution in [3.63, 3.8) is 0 Å². The summed E-state index contributed by atoms with van der Waals surface area (Å²) in [6.07, 6.45) is 12.6. The van der Waals surface area contributed by atoms with Crippen LogP contribution in [-0.4, -0.2) is 36.4 Å². The number of hydrogen-bond acceptors (Lipinski definition) is 6. The zero-order chi connectivity index (χ0) is 24.8. The van der Waals surface area contributed by atoms with Crippen molar-refractivity contribution in [3.05, 3.63) is 48.0 Å². The highest BCUT2D eigenvalue weighted by molar-refractivity contribution is 5.47. The van der Waals surface area contributed by atoms with E-state index in [4.69, 9.17) is 20.9 Å². The number of hydrogen-bond donors (Lipinski definition) is 2. The minimum atomic E-state index is 0.384. The molecule has 188 valence electrons. The molecule has 6 heteroatoms. The second-order valence-electron chi connectivity index (χ2n) is 10.7. The Bertz CT molecular complexity index is 810. The van der Waals surface area contributed by atoms with E-state index in [0.717, 1.165) is 37.1 Å². The molecule has 0 saturated heterocycles. The van der Waals surface area contributed by atoms with Crippen LogP contribution in [0, 0.1) is 23.7 Å². The summed E-state index contributed by atoms with van der Waals surface area (Å²) in [5.41, 5.74) is 16.2. The number of ether oxygens (including phenoxy) is 2. The Labute approximate surface area is 205 Å². The predicted octanol–water partition coefficient (Wildman–Crippen LogP) is 5.66. The lowest BCUT2D eigenvalue weighted by molar-refractivity contribution is -0.0131. The summed E-state index contributed by atoms with van der Waals surface area (Å²) in [6.45, 7) is 9.09. The fourth-order valence-electron chi connectivity index (χ4n) is 6.66. The van der Waals surface area contributed by atoms with Crippen LogP contribution >= 0.6 is 0 Å². The molecule has 0 aliphatic heterocycles. The van der Waals surface area contributed by atoms with Crippen molar-refractivity contribution in [2.24, 2.45) is 23.7 Å². The van der Waals surface area contributed by atoms with Crippen LogP contribution < -0.4 is 11.5 Å². The van der Waals surface area contributed by atoms with Gasteiger partial charge in [-0.25, -0.2) is 0 Å². The van der Waals surface area contributed by atoms with E-state index in [1.54, 1.807) is 12.4 Å². The molecule has 8 atom stereocenters. The van der Waals surface area contributed by atoms with E-state index < -0.39 is 0 Å². The van der Waals surface area contributed by atoms with Gasteiger partial charge in [0.2, 0.25) is 0 Å². The van der Waals surface area contributed by atoms with Crippen LogP contribution in [0.1, 0.15) is 76.3 Å². The van der Waals surface area contributed by atoms with Crippen LogP contribution in [-0.2, 0) is 9.47 Å². The van der Waals surface area contributed by atoms with Gasteiger partial charge in [-0.15, -0.1) is 0 Å². The Morgan fingerprint density at radius 2 is 0.971 bits per heavy atom. The van der Waals surface area contributed by atoms with Crippen molar-refractivity contribution in [2.45, 2.75) is 77.4 Å². The van der Waals surface area contributed by atoms with Crippen molar-refractivity contribution < 1.29 is 9.47 Å². The van der Waals surface area contributed by atoms with Gasteiger partial charge in [0, 0.05) is 26.6 Å². The molecule has 0 radical (unpaired) electrons. The van der Waals surface area contributed by atoms with Gasteiger partial charge in [0.1, 0.15) is 0 Å². The van der Waals surface area contributed by atoms with Crippen LogP contribution in [0.2, 0.25) is 0 Å². The first-order valence-electron chi connectivity index (χ1n) is 12.7. The zero-order valence-corrected chi connectivity index (χ0v) is 21.8. The van der Waals surface area contributed by atoms with E-state index in [9.17, 15) is 0 Å². The van der Waals surface area contributed by atoms with E-state index >= 15 is 0 Å². The fourth-order valence-corrected chi connectivity index (χ4v) is 6.66. The van der Waals surface area contributed by atoms with Crippen molar-refractivity contribution in [1.82, 2.24) is 9.97 Å². The van der Waals surface area contributed by atoms with Gasteiger partial charge in [-0.2, -0.15) is 0 Å². The minimum Gasteiger partial charge on any atom is -0.397 e. The molecule has 2 heterocycles. The summed E-state index contributed by atoms with van der Waals surface area (Å²) in [4.78, 5) is 8.12. The first-order valence-corrected chi connectivity index (χ1v) is 12.7. The van der Waals surface area contributed by atoms with E-state index in [2.05, 4.69) is 49.8 Å². The molecule has 2 aromatic rings. The van der Waals surface area contributed by atoms with Crippen LogP contribution in [0.25, 0.3) is 0 Å². The van der Waals surface area contributed by atoms with E-state index in [0.29, 0.717) is 47.7 Å². The van der Waals surface area contributed by atoms with Crippen LogP contribution in [0.15, 0.2) is 36.9 Å². The average molecular weight is 469 g/mol. The quantitative estimate of drug-likeness (QED) is 0.601. The Balaban J connectivity index is 0.000000191. The second kappa shape index (κ2) is 12.0. The minimum absolute atomic E-state index is 0.384. The highest BCUT2D eigenvalue weighted by Crippen LogP contribution is 2.43. The molecule has 0 spiro atoms. The topological polar surface area (TPSA) is 96.3 Å². The first kappa shape index (κ1) is 26.4. The Kier molecular flexibility index (Phi) is 9.31. The van der Waals surface area contributed by atoms with Gasteiger partial charge in [0.25, 0.3) is 0 Å². The number of methoxy groups -OCH3 is 2. The Morgan fingerprint density at radius 3 is 1.24 bits per heavy atom. The average Bonchev–Trinajstić information content (AvgIpc) is 2.80. The smallest absolute Gasteiger partial charge is 0.0622 e. The molecule has 4 unspecified atom stereocenters. The largest absolute Gasteiger partial charge is 0.397 e. The normalized spacial score (nSPS) is 33.6. The zero-order valence-electron chi connectivity index (χ0n) is 21.8. The maximum Gasteiger partial charge on any atom is 0.0622 e. The molecule has 34 heavy (non-hydrogen) atoms. The SMILES string of the molecule is COC1[C@H](C)CC(c2ccncc2N)C[C@@H]1C.COC1[C@H](C)CC(c2ccncc2N)C[C@@H]1C. The Morgan fingerprint density at radius 1 is 0.647 bits per heavy atom. The molecule has 6 nitrogen and oxygen atoms in total. The number of nitrogen functional groups attached to an aromatic ring is 2. The van der Waals surface area contributed by atoms with E-state index in [1.165, 1.54) is 11.1 Å². The highest BCUT2D eigenvalue weighted by atomic mass is 16.5. The Hall–Kier alpha value is -2.18. The lowest BCUT2D eigenvalue weighted by Crippen LogP contribution is -2.35. The summed E-state index contributed by atoms with van der Waals surface area (Å²) in [6, 6.07) is 4.12. The van der Waals surface area contributed by atoms with Gasteiger partial charge < -0.3 is 20.9 Å². The molecule has 4 N–H and O–H groups in total. The van der Waals surface area contributed by atoms with Crippen LogP contribution in [0.5, 0.6) is 0 Å². The van der Waals surface area contributed by atoms with Crippen molar-refractivity contribution in [1.29, 1.82) is 0 Å². The molecular formula is C28H44N4O2. The number of pyridine rings is 2. The summed E-state index contributed by atoms with van der Waals surface area (Å²) in [5.74, 6) is 3.44. The van der Waals surface area contributed by atoms with Gasteiger partial charge in [-0.05, 0) is 84.5 Å². The van der Waals surface area contributed by atoms with Crippen LogP contribution in [0.3, 0.4) is 0 Å². The maximum absolute atomic E-state index is 6.02. The maximum atomic E-state index is 6.02. The molecule has 2 fully saturated rings. The molecule has 0 amide bonds. The molecule has 2 aromatic heterocycles. The second-order valence-corrected chi connectivity index (χ2v) is 10.7. The van der Waals surface area contributed by atoms with Crippen LogP contribution in [0.4, 0.5) is 11.4 Å². The third kappa shape index (κ3) is 6.08. The summed E-state index contributed by atoms with van der Waals surface area (Å²) in [5, 5.41) is 0. The first-order chi connectivity index (χ1) is 16.3. The van der Waals surface area contributed by atoms with Gasteiger partial charge >= 0.3 is 0 Å². The van der Waals surface area contributed by atoms with Gasteiger partial charge in [0.05, 0.1) is 36.0 Å². The van der Waals surface area contributed by atoms with E-state index in [-0.39, 0.29) is 0 Å². The lowest BCUT2D eigenvalue weighted by Gasteiger charge is -2.38. The molecule has 0 bridgehead atoms. The third-order valence-corrected chi connectivity index (χ3v) is 8.07. The molecule has 0 aromatic carbocycles. The highest BCUT2D eigenvalue weighted by Gasteiger charge is 2.35. The van der Waals surface area contributed by atoms with Gasteiger partial charge in [0.15, 0.2) is 0 Å². The predicted molar refractivity (Wildman–Crippen MR) is 139 cm³/mol. The van der Waals surface area contributed by atoms with Gasteiger partial charge in [-0.1, -0.05) is 27.7 Å². The number of anilines is 2. The standard InChI is InChI=1S/2C14H22N2O/c2*1-9-6-11(7-10(2)14(9)17-3)12-4-5-16-8-13(12)15/h2*4-5,8-11,14H,6-7,15H2,1-3H3/t2*9-,10+,11?,14?. The third-order valence-electron chi connectivity index (χ3n) is 8.07. The number of nitrogens with two attached hydrogens (primary N) is 2. The van der Waals surface area contributed by atoms with Crippen molar-refractivity contribution >= 4 is 11.4 Å². The molecule has 2 saturated carbocycles. The summed E-state index contributed by atoms with van der Waals surface area (Å²) < 4.78 is 11.2. The molecular weight excluding hydrogens is 424 g/mol. The van der Waals surface area contributed by atoms with Crippen molar-refractivity contribution in [3.8, 4) is 0 Å². The van der Waals surface area contributed by atoms with Crippen molar-refractivity contribution in [2.75, 3.05) is 25.7 Å². The monoisotopic (exact) mass is 468 g/mol. The summed E-state index contributed by atoms with van der Waals surface area (Å²) in [7, 11) is 3.64. The van der Waals surface area contributed by atoms with E-state index in [1.807, 2.05) is 26.6 Å². The molecule has 2 aliphatic carbocycles.